The molecule has 0 atom stereocenters. The summed E-state index contributed by atoms with van der Waals surface area (Å²) in [5.74, 6) is 1.32. The van der Waals surface area contributed by atoms with Gasteiger partial charge in [-0.3, -0.25) is 4.99 Å². The van der Waals surface area contributed by atoms with Crippen LogP contribution >= 0.6 is 11.6 Å². The summed E-state index contributed by atoms with van der Waals surface area (Å²) in [6.07, 6.45) is 0. The number of nitrogens with one attached hydrogen (secondary N) is 1. The summed E-state index contributed by atoms with van der Waals surface area (Å²) in [4.78, 5) is 15.9. The molecule has 19 heavy (non-hydrogen) atoms. The minimum absolute atomic E-state index is 0.109. The van der Waals surface area contributed by atoms with Crippen LogP contribution in [0.25, 0.3) is 0 Å². The van der Waals surface area contributed by atoms with Crippen molar-refractivity contribution < 1.29 is 0 Å². The molecule has 0 spiro atoms. The number of nitriles is 1. The van der Waals surface area contributed by atoms with E-state index in [0.717, 1.165) is 0 Å². The maximum Gasteiger partial charge on any atom is 0.228 e. The maximum atomic E-state index is 9.13. The third-order valence-corrected chi connectivity index (χ3v) is 2.50. The first-order valence-corrected chi connectivity index (χ1v) is 5.84. The molecule has 0 saturated carbocycles. The Labute approximate surface area is 117 Å². The highest BCUT2D eigenvalue weighted by molar-refractivity contribution is 6.31. The number of halogens is 1. The van der Waals surface area contributed by atoms with Crippen molar-refractivity contribution in [3.63, 3.8) is 0 Å². The molecule has 1 heterocycles. The number of hydrogen-bond donors (Lipinski definition) is 1. The molecule has 0 saturated heterocycles. The van der Waals surface area contributed by atoms with Gasteiger partial charge >= 0.3 is 0 Å². The highest BCUT2D eigenvalue weighted by atomic mass is 35.5. The van der Waals surface area contributed by atoms with Crippen LogP contribution in [0.1, 0.15) is 5.56 Å². The smallest absolute Gasteiger partial charge is 0.228 e. The number of hydrogen-bond acceptors (Lipinski definition) is 5. The van der Waals surface area contributed by atoms with Gasteiger partial charge in [0.2, 0.25) is 5.95 Å². The van der Waals surface area contributed by atoms with Gasteiger partial charge in [-0.15, -0.1) is 0 Å². The first-order chi connectivity index (χ1) is 8.90. The molecule has 0 aliphatic heterocycles. The Balaban J connectivity index is 3.29. The molecule has 0 aliphatic rings. The van der Waals surface area contributed by atoms with Crippen LogP contribution < -0.4 is 10.2 Å². The van der Waals surface area contributed by atoms with Gasteiger partial charge in [0.15, 0.2) is 16.9 Å². The van der Waals surface area contributed by atoms with Crippen molar-refractivity contribution in [2.45, 2.75) is 0 Å². The molecule has 0 radical (unpaired) electrons. The lowest BCUT2D eigenvalue weighted by Crippen LogP contribution is -2.30. The quantitative estimate of drug-likeness (QED) is 0.495. The minimum atomic E-state index is 0.109. The monoisotopic (exact) mass is 281 g/mol. The molecule has 1 aromatic heterocycles. The van der Waals surface area contributed by atoms with Gasteiger partial charge in [0.25, 0.3) is 0 Å². The second-order valence-electron chi connectivity index (χ2n) is 4.11. The molecule has 0 bridgehead atoms. The Morgan fingerprint density at radius 2 is 1.95 bits per heavy atom. The summed E-state index contributed by atoms with van der Waals surface area (Å²) >= 11 is 5.99. The van der Waals surface area contributed by atoms with E-state index in [1.165, 1.54) is 0 Å². The van der Waals surface area contributed by atoms with Crippen molar-refractivity contribution in [3.05, 3.63) is 10.7 Å². The van der Waals surface area contributed by atoms with Gasteiger partial charge in [-0.1, -0.05) is 11.6 Å². The number of guanidine groups is 1. The molecule has 0 unspecified atom stereocenters. The molecule has 0 fully saturated rings. The zero-order valence-electron chi connectivity index (χ0n) is 11.6. The Morgan fingerprint density at radius 3 is 2.37 bits per heavy atom. The number of nitrogens with zero attached hydrogens (tertiary/aromatic N) is 6. The van der Waals surface area contributed by atoms with Gasteiger partial charge < -0.3 is 15.1 Å². The fourth-order valence-electron chi connectivity index (χ4n) is 1.29. The lowest BCUT2D eigenvalue weighted by Gasteiger charge is -2.18. The number of rotatable bonds is 2. The Kier molecular flexibility index (Phi) is 4.89. The number of aliphatic imine (C=N–C) groups is 1. The van der Waals surface area contributed by atoms with E-state index in [-0.39, 0.29) is 10.7 Å². The average Bonchev–Trinajstić information content (AvgIpc) is 2.34. The predicted octanol–water partition coefficient (Wildman–Crippen LogP) is 1.03. The zero-order valence-corrected chi connectivity index (χ0v) is 12.3. The van der Waals surface area contributed by atoms with Crippen LogP contribution in [0.15, 0.2) is 4.99 Å². The summed E-state index contributed by atoms with van der Waals surface area (Å²) in [5, 5.41) is 12.2. The number of anilines is 2. The van der Waals surface area contributed by atoms with Crippen LogP contribution in [-0.4, -0.2) is 56.1 Å². The lowest BCUT2D eigenvalue weighted by molar-refractivity contribution is 0.619. The van der Waals surface area contributed by atoms with Crippen molar-refractivity contribution in [2.75, 3.05) is 45.5 Å². The van der Waals surface area contributed by atoms with Crippen LogP contribution in [0.2, 0.25) is 5.15 Å². The highest BCUT2D eigenvalue weighted by Crippen LogP contribution is 2.23. The van der Waals surface area contributed by atoms with E-state index in [0.29, 0.717) is 17.7 Å². The Hall–Kier alpha value is -2.07. The largest absolute Gasteiger partial charge is 0.349 e. The van der Waals surface area contributed by atoms with Crippen molar-refractivity contribution in [1.82, 2.24) is 14.9 Å². The van der Waals surface area contributed by atoms with Gasteiger partial charge in [-0.2, -0.15) is 15.2 Å². The third-order valence-electron chi connectivity index (χ3n) is 2.23. The molecule has 8 heteroatoms. The van der Waals surface area contributed by atoms with E-state index >= 15 is 0 Å². The Morgan fingerprint density at radius 1 is 1.32 bits per heavy atom. The molecule has 1 N–H and O–H groups in total. The van der Waals surface area contributed by atoms with Gasteiger partial charge in [-0.25, -0.2) is 0 Å². The fourth-order valence-corrected chi connectivity index (χ4v) is 1.49. The van der Waals surface area contributed by atoms with Crippen molar-refractivity contribution in [1.29, 1.82) is 5.26 Å². The van der Waals surface area contributed by atoms with E-state index in [1.807, 2.05) is 20.2 Å². The molecule has 1 aromatic rings. The summed E-state index contributed by atoms with van der Waals surface area (Å²) in [6.45, 7) is 0. The second-order valence-corrected chi connectivity index (χ2v) is 4.47. The van der Waals surface area contributed by atoms with Crippen LogP contribution in [0.4, 0.5) is 11.8 Å². The molecule has 7 nitrogen and oxygen atoms in total. The Bertz CT molecular complexity index is 531. The summed E-state index contributed by atoms with van der Waals surface area (Å²) < 4.78 is 0. The first-order valence-electron chi connectivity index (χ1n) is 5.46. The zero-order chi connectivity index (χ0) is 14.6. The first kappa shape index (κ1) is 15.0. The van der Waals surface area contributed by atoms with Crippen LogP contribution in [0, 0.1) is 11.3 Å². The van der Waals surface area contributed by atoms with Crippen molar-refractivity contribution in [2.24, 2.45) is 4.99 Å². The molecular weight excluding hydrogens is 266 g/mol. The van der Waals surface area contributed by atoms with E-state index in [1.54, 1.807) is 30.9 Å². The topological polar surface area (TPSA) is 80.4 Å². The maximum absolute atomic E-state index is 9.13. The summed E-state index contributed by atoms with van der Waals surface area (Å²) in [6, 6.07) is 1.99. The molecule has 0 aliphatic carbocycles. The molecular formula is C11H16ClN7. The van der Waals surface area contributed by atoms with E-state index in [2.05, 4.69) is 20.3 Å². The highest BCUT2D eigenvalue weighted by Gasteiger charge is 2.15. The van der Waals surface area contributed by atoms with Gasteiger partial charge in [0.1, 0.15) is 11.6 Å². The van der Waals surface area contributed by atoms with E-state index < -0.39 is 0 Å². The van der Waals surface area contributed by atoms with E-state index in [4.69, 9.17) is 16.9 Å². The van der Waals surface area contributed by atoms with E-state index in [9.17, 15) is 0 Å². The third kappa shape index (κ3) is 3.45. The van der Waals surface area contributed by atoms with Crippen LogP contribution in [0.3, 0.4) is 0 Å². The molecule has 1 rings (SSSR count). The predicted molar refractivity (Wildman–Crippen MR) is 76.8 cm³/mol. The van der Waals surface area contributed by atoms with Crippen LogP contribution in [0.5, 0.6) is 0 Å². The normalized spacial score (nSPS) is 10.9. The minimum Gasteiger partial charge on any atom is -0.349 e. The van der Waals surface area contributed by atoms with Gasteiger partial charge in [-0.05, 0) is 0 Å². The van der Waals surface area contributed by atoms with Crippen LogP contribution in [-0.2, 0) is 0 Å². The lowest BCUT2D eigenvalue weighted by atomic mass is 10.3. The molecule has 102 valence electrons. The van der Waals surface area contributed by atoms with Gasteiger partial charge in [0.05, 0.1) is 0 Å². The fraction of sp³-hybridized carbons (Fsp3) is 0.455. The van der Waals surface area contributed by atoms with Gasteiger partial charge in [0, 0.05) is 35.2 Å². The number of aromatic nitrogens is 2. The van der Waals surface area contributed by atoms with Crippen molar-refractivity contribution >= 4 is 29.3 Å². The summed E-state index contributed by atoms with van der Waals surface area (Å²) in [7, 11) is 8.89. The standard InChI is InChI=1S/C11H16ClN7/c1-14-10(18(2)3)16-9-7(6-13)8(12)15-11(17-9)19(4)5/h1-5H3,(H,14,15,16,17). The second kappa shape index (κ2) is 6.20. The molecule has 0 amide bonds. The summed E-state index contributed by atoms with van der Waals surface area (Å²) in [5.41, 5.74) is 0.190. The molecule has 0 aromatic carbocycles. The average molecular weight is 282 g/mol. The van der Waals surface area contributed by atoms with Crippen molar-refractivity contribution in [3.8, 4) is 6.07 Å². The SMILES string of the molecule is CN=C(Nc1nc(N(C)C)nc(Cl)c1C#N)N(C)C.